The van der Waals surface area contributed by atoms with Crippen LogP contribution in [-0.2, 0) is 32.7 Å². The van der Waals surface area contributed by atoms with Gasteiger partial charge in [-0.15, -0.1) is 0 Å². The molecule has 0 saturated carbocycles. The maximum Gasteiger partial charge on any atom is 0.472 e. The third kappa shape index (κ3) is 20.4. The quantitative estimate of drug-likeness (QED) is 0.0876. The molecule has 11 nitrogen and oxygen atoms in total. The summed E-state index contributed by atoms with van der Waals surface area (Å²) < 4.78 is 26.2. The summed E-state index contributed by atoms with van der Waals surface area (Å²) >= 11 is 0. The predicted molar refractivity (Wildman–Crippen MR) is 130 cm³/mol. The molecule has 0 rings (SSSR count). The number of esters is 1. The van der Waals surface area contributed by atoms with Gasteiger partial charge in [-0.25, -0.2) is 9.36 Å². The fourth-order valence-electron chi connectivity index (χ4n) is 3.08. The Morgan fingerprint density at radius 2 is 1.31 bits per heavy atom. The molecule has 1 amide bonds. The van der Waals surface area contributed by atoms with Crippen LogP contribution in [0.5, 0.6) is 0 Å². The van der Waals surface area contributed by atoms with Crippen molar-refractivity contribution in [3.05, 3.63) is 0 Å². The fourth-order valence-corrected chi connectivity index (χ4v) is 3.85. The number of phosphoric ester groups is 1. The first-order chi connectivity index (χ1) is 16.6. The minimum Gasteiger partial charge on any atom is -0.480 e. The number of rotatable bonds is 23. The van der Waals surface area contributed by atoms with Crippen LogP contribution < -0.4 is 5.32 Å². The zero-order valence-electron chi connectivity index (χ0n) is 21.1. The average molecular weight is 526 g/mol. The van der Waals surface area contributed by atoms with Gasteiger partial charge in [-0.3, -0.25) is 18.6 Å². The minimum atomic E-state index is -4.71. The van der Waals surface area contributed by atoms with Crippen molar-refractivity contribution in [3.8, 4) is 0 Å². The maximum atomic E-state index is 12.0. The average Bonchev–Trinajstić information content (AvgIpc) is 2.80. The third-order valence-electron chi connectivity index (χ3n) is 5.15. The van der Waals surface area contributed by atoms with E-state index in [0.717, 1.165) is 32.1 Å². The first-order valence-electron chi connectivity index (χ1n) is 12.6. The Bertz CT molecular complexity index is 646. The number of carboxylic acids is 1. The lowest BCUT2D eigenvalue weighted by atomic mass is 10.1. The van der Waals surface area contributed by atoms with Crippen LogP contribution in [-0.4, -0.2) is 64.9 Å². The lowest BCUT2D eigenvalue weighted by Crippen LogP contribution is -2.43. The second-order valence-corrected chi connectivity index (χ2v) is 9.99. The van der Waals surface area contributed by atoms with E-state index in [2.05, 4.69) is 21.3 Å². The largest absolute Gasteiger partial charge is 0.480 e. The van der Waals surface area contributed by atoms with Gasteiger partial charge in [0.05, 0.1) is 13.2 Å². The number of carbonyl (C=O) groups is 3. The van der Waals surface area contributed by atoms with Gasteiger partial charge in [-0.1, -0.05) is 71.6 Å². The van der Waals surface area contributed by atoms with Gasteiger partial charge in [0.2, 0.25) is 5.91 Å². The fraction of sp³-hybridized carbons (Fsp3) is 0.870. The summed E-state index contributed by atoms with van der Waals surface area (Å²) in [4.78, 5) is 44.5. The van der Waals surface area contributed by atoms with Crippen molar-refractivity contribution >= 4 is 25.7 Å². The van der Waals surface area contributed by atoms with E-state index in [0.29, 0.717) is 12.8 Å². The van der Waals surface area contributed by atoms with E-state index >= 15 is 0 Å². The molecule has 206 valence electrons. The van der Waals surface area contributed by atoms with Crippen molar-refractivity contribution in [2.24, 2.45) is 0 Å². The van der Waals surface area contributed by atoms with E-state index in [1.54, 1.807) is 0 Å². The van der Waals surface area contributed by atoms with Gasteiger partial charge in [0, 0.05) is 12.8 Å². The van der Waals surface area contributed by atoms with Gasteiger partial charge >= 0.3 is 19.8 Å². The van der Waals surface area contributed by atoms with Crippen molar-refractivity contribution in [2.75, 3.05) is 19.8 Å². The number of aliphatic hydroxyl groups excluding tert-OH is 1. The van der Waals surface area contributed by atoms with Crippen molar-refractivity contribution in [1.29, 1.82) is 0 Å². The number of ether oxygens (including phenoxy) is 1. The van der Waals surface area contributed by atoms with Gasteiger partial charge in [0.15, 0.2) is 6.04 Å². The highest BCUT2D eigenvalue weighted by Crippen LogP contribution is 2.43. The highest BCUT2D eigenvalue weighted by Gasteiger charge is 2.28. The maximum absolute atomic E-state index is 12.0. The number of hydrogen-bond donors (Lipinski definition) is 4. The van der Waals surface area contributed by atoms with Crippen LogP contribution in [0.4, 0.5) is 0 Å². The molecule has 12 heteroatoms. The summed E-state index contributed by atoms with van der Waals surface area (Å²) in [7, 11) is -4.71. The molecule has 3 unspecified atom stereocenters. The van der Waals surface area contributed by atoms with Gasteiger partial charge in [0.1, 0.15) is 12.7 Å². The summed E-state index contributed by atoms with van der Waals surface area (Å²) in [5.74, 6) is -2.41. The summed E-state index contributed by atoms with van der Waals surface area (Å²) in [6, 6.07) is -1.53. The van der Waals surface area contributed by atoms with Crippen molar-refractivity contribution in [2.45, 2.75) is 109 Å². The Labute approximate surface area is 208 Å². The van der Waals surface area contributed by atoms with Crippen LogP contribution in [0, 0.1) is 0 Å². The molecule has 0 aromatic rings. The number of unbranched alkanes of at least 4 members (excludes halogenated alkanes) is 9. The summed E-state index contributed by atoms with van der Waals surface area (Å²) in [6.07, 6.45) is 10.0. The molecule has 0 bridgehead atoms. The van der Waals surface area contributed by atoms with E-state index in [-0.39, 0.29) is 12.8 Å². The number of hydrogen-bond acceptors (Lipinski definition) is 8. The van der Waals surface area contributed by atoms with Crippen LogP contribution in [0.15, 0.2) is 0 Å². The van der Waals surface area contributed by atoms with Crippen molar-refractivity contribution in [3.63, 3.8) is 0 Å². The number of phosphoric acid groups is 1. The molecule has 4 N–H and O–H groups in total. The number of carboxylic acid groups (broad SMARTS) is 1. The molecule has 0 fully saturated rings. The van der Waals surface area contributed by atoms with E-state index in [4.69, 9.17) is 4.74 Å². The zero-order valence-corrected chi connectivity index (χ0v) is 22.0. The molecule has 0 aliphatic rings. The Hall–Kier alpha value is -1.52. The SMILES string of the molecule is CCCCCCCCCCC(=O)OCC(O)COP(=O)(O)OCC(NC(=O)CCCCC)C(=O)O. The number of amides is 1. The molecule has 0 aromatic heterocycles. The first-order valence-corrected chi connectivity index (χ1v) is 14.1. The lowest BCUT2D eigenvalue weighted by molar-refractivity contribution is -0.147. The Balaban J connectivity index is 4.10. The van der Waals surface area contributed by atoms with Gasteiger partial charge in [0.25, 0.3) is 0 Å². The van der Waals surface area contributed by atoms with E-state index in [1.807, 2.05) is 6.92 Å². The molecule has 3 atom stereocenters. The van der Waals surface area contributed by atoms with E-state index in [9.17, 15) is 34.1 Å². The molecule has 0 spiro atoms. The lowest BCUT2D eigenvalue weighted by Gasteiger charge is -2.18. The summed E-state index contributed by atoms with van der Waals surface area (Å²) in [5, 5.41) is 21.2. The number of nitrogens with one attached hydrogen (secondary N) is 1. The number of aliphatic hydroxyl groups is 1. The third-order valence-corrected chi connectivity index (χ3v) is 6.10. The van der Waals surface area contributed by atoms with Gasteiger partial charge in [-0.05, 0) is 12.8 Å². The van der Waals surface area contributed by atoms with Crippen LogP contribution in [0.25, 0.3) is 0 Å². The molecule has 0 aliphatic carbocycles. The molecule has 0 heterocycles. The van der Waals surface area contributed by atoms with E-state index in [1.165, 1.54) is 25.7 Å². The van der Waals surface area contributed by atoms with Gasteiger partial charge in [-0.2, -0.15) is 0 Å². The smallest absolute Gasteiger partial charge is 0.472 e. The second kappa shape index (κ2) is 20.7. The molecule has 0 aliphatic heterocycles. The minimum absolute atomic E-state index is 0.134. The molecule has 0 saturated heterocycles. The molecule has 0 radical (unpaired) electrons. The van der Waals surface area contributed by atoms with Crippen molar-refractivity contribution in [1.82, 2.24) is 5.32 Å². The summed E-state index contributed by atoms with van der Waals surface area (Å²) in [5.41, 5.74) is 0. The van der Waals surface area contributed by atoms with Crippen LogP contribution in [0.3, 0.4) is 0 Å². The second-order valence-electron chi connectivity index (χ2n) is 8.54. The highest BCUT2D eigenvalue weighted by molar-refractivity contribution is 7.47. The number of aliphatic carboxylic acids is 1. The Kier molecular flexibility index (Phi) is 19.8. The standard InChI is InChI=1S/C23H44NO10P/c1-3-5-7-8-9-10-11-13-15-22(27)32-16-19(25)17-33-35(30,31)34-18-20(23(28)29)24-21(26)14-12-6-4-2/h19-20,25H,3-18H2,1-2H3,(H,24,26)(H,28,29)(H,30,31). The monoisotopic (exact) mass is 525 g/mol. The van der Waals surface area contributed by atoms with E-state index < -0.39 is 57.6 Å². The molecular formula is C23H44NO10P. The van der Waals surface area contributed by atoms with Crippen molar-refractivity contribution < 1.29 is 47.8 Å². The Morgan fingerprint density at radius 1 is 0.800 bits per heavy atom. The summed E-state index contributed by atoms with van der Waals surface area (Å²) in [6.45, 7) is 2.25. The normalized spacial score (nSPS) is 14.6. The van der Waals surface area contributed by atoms with Gasteiger partial charge < -0.3 is 25.2 Å². The predicted octanol–water partition coefficient (Wildman–Crippen LogP) is 3.70. The van der Waals surface area contributed by atoms with Crippen LogP contribution >= 0.6 is 7.82 Å². The molecule has 35 heavy (non-hydrogen) atoms. The van der Waals surface area contributed by atoms with Crippen LogP contribution in [0.1, 0.15) is 97.3 Å². The zero-order chi connectivity index (χ0) is 26.5. The molecule has 0 aromatic carbocycles. The van der Waals surface area contributed by atoms with Crippen LogP contribution in [0.2, 0.25) is 0 Å². The highest BCUT2D eigenvalue weighted by atomic mass is 31.2. The number of carbonyl (C=O) groups excluding carboxylic acids is 2. The first kappa shape index (κ1) is 33.5. The topological polar surface area (TPSA) is 169 Å². The Morgan fingerprint density at radius 3 is 1.91 bits per heavy atom. The molecular weight excluding hydrogens is 481 g/mol.